The van der Waals surface area contributed by atoms with Crippen LogP contribution in [0.3, 0.4) is 0 Å². The monoisotopic (exact) mass is 308 g/mol. The first-order valence-electron chi connectivity index (χ1n) is 6.70. The summed E-state index contributed by atoms with van der Waals surface area (Å²) < 4.78 is 0. The Balaban J connectivity index is 2.07. The average Bonchev–Trinajstić information content (AvgIpc) is 2.88. The Morgan fingerprint density at radius 2 is 2.14 bits per heavy atom. The summed E-state index contributed by atoms with van der Waals surface area (Å²) >= 11 is 1.58. The van der Waals surface area contributed by atoms with Crippen LogP contribution in [0.1, 0.15) is 20.8 Å². The van der Waals surface area contributed by atoms with Crippen LogP contribution >= 0.6 is 11.8 Å². The molecule has 1 fully saturated rings. The lowest BCUT2D eigenvalue weighted by molar-refractivity contribution is -0.143. The summed E-state index contributed by atoms with van der Waals surface area (Å²) in [6, 6.07) is 2.87. The molecule has 2 rings (SSSR count). The third-order valence-electron chi connectivity index (χ3n) is 3.14. The maximum Gasteiger partial charge on any atom is 0.248 e. The van der Waals surface area contributed by atoms with Gasteiger partial charge in [-0.25, -0.2) is 4.98 Å². The van der Waals surface area contributed by atoms with E-state index in [1.165, 1.54) is 6.20 Å². The summed E-state index contributed by atoms with van der Waals surface area (Å²) in [6.07, 6.45) is 1.51. The smallest absolute Gasteiger partial charge is 0.248 e. The van der Waals surface area contributed by atoms with Gasteiger partial charge in [0.2, 0.25) is 11.8 Å². The van der Waals surface area contributed by atoms with Crippen molar-refractivity contribution in [2.75, 3.05) is 22.7 Å². The van der Waals surface area contributed by atoms with E-state index in [0.717, 1.165) is 0 Å². The Hall–Kier alpha value is -1.76. The minimum atomic E-state index is -0.494. The number of hydrogen-bond acceptors (Lipinski definition) is 5. The fourth-order valence-corrected chi connectivity index (χ4v) is 3.15. The van der Waals surface area contributed by atoms with Gasteiger partial charge in [0.05, 0.1) is 17.8 Å². The summed E-state index contributed by atoms with van der Waals surface area (Å²) in [5, 5.41) is 2.78. The number of nitrogens with zero attached hydrogens (tertiary/aromatic N) is 2. The topological polar surface area (TPSA) is 88.3 Å². The highest BCUT2D eigenvalue weighted by molar-refractivity contribution is 7.99. The maximum absolute atomic E-state index is 12.4. The Morgan fingerprint density at radius 3 is 2.71 bits per heavy atom. The number of rotatable bonds is 2. The zero-order valence-electron chi connectivity index (χ0n) is 12.4. The standard InChI is InChI=1S/C14H20N4O2S/c1-14(2,3)13(20)18-8-21-7-10(18)12(19)17-9-4-5-11(15)16-6-9/h4-6,10H,7-8H2,1-3H3,(H2,15,16)(H,17,19). The fourth-order valence-electron chi connectivity index (χ4n) is 2.00. The number of thioether (sulfide) groups is 1. The van der Waals surface area contributed by atoms with Crippen molar-refractivity contribution >= 4 is 35.1 Å². The highest BCUT2D eigenvalue weighted by Crippen LogP contribution is 2.28. The molecule has 1 aliphatic heterocycles. The number of nitrogens with two attached hydrogens (primary N) is 1. The van der Waals surface area contributed by atoms with Crippen LogP contribution in [0.25, 0.3) is 0 Å². The number of carbonyl (C=O) groups is 2. The summed E-state index contributed by atoms with van der Waals surface area (Å²) in [5.41, 5.74) is 5.59. The zero-order chi connectivity index (χ0) is 15.6. The van der Waals surface area contributed by atoms with Gasteiger partial charge < -0.3 is 16.0 Å². The quantitative estimate of drug-likeness (QED) is 0.865. The van der Waals surface area contributed by atoms with Crippen molar-refractivity contribution in [1.29, 1.82) is 0 Å². The lowest BCUT2D eigenvalue weighted by atomic mass is 9.94. The number of anilines is 2. The summed E-state index contributed by atoms with van der Waals surface area (Å²) in [6.45, 7) is 5.57. The normalized spacial score (nSPS) is 18.6. The largest absolute Gasteiger partial charge is 0.384 e. The Kier molecular flexibility index (Phi) is 4.41. The van der Waals surface area contributed by atoms with Gasteiger partial charge in [-0.05, 0) is 12.1 Å². The fraction of sp³-hybridized carbons (Fsp3) is 0.500. The van der Waals surface area contributed by atoms with Crippen LogP contribution in [0.2, 0.25) is 0 Å². The molecule has 0 bridgehead atoms. The minimum absolute atomic E-state index is 0.0110. The second-order valence-corrected chi connectivity index (χ2v) is 7.00. The average molecular weight is 308 g/mol. The van der Waals surface area contributed by atoms with Gasteiger partial charge in [0.15, 0.2) is 0 Å². The minimum Gasteiger partial charge on any atom is -0.384 e. The highest BCUT2D eigenvalue weighted by Gasteiger charge is 2.38. The molecule has 0 radical (unpaired) electrons. The molecule has 6 nitrogen and oxygen atoms in total. The molecule has 2 heterocycles. The third kappa shape index (κ3) is 3.66. The summed E-state index contributed by atoms with van der Waals surface area (Å²) in [5.74, 6) is 1.35. The molecular formula is C14H20N4O2S. The Labute approximate surface area is 128 Å². The van der Waals surface area contributed by atoms with Crippen LogP contribution in [0.5, 0.6) is 0 Å². The van der Waals surface area contributed by atoms with Crippen molar-refractivity contribution in [3.05, 3.63) is 18.3 Å². The molecule has 2 amide bonds. The molecule has 1 atom stereocenters. The molecule has 114 valence electrons. The number of aromatic nitrogens is 1. The van der Waals surface area contributed by atoms with Crippen LogP contribution in [0.15, 0.2) is 18.3 Å². The molecule has 0 saturated carbocycles. The van der Waals surface area contributed by atoms with Gasteiger partial charge in [-0.15, -0.1) is 11.8 Å². The molecule has 0 aliphatic carbocycles. The molecule has 7 heteroatoms. The van der Waals surface area contributed by atoms with E-state index in [0.29, 0.717) is 23.1 Å². The van der Waals surface area contributed by atoms with Crippen molar-refractivity contribution < 1.29 is 9.59 Å². The van der Waals surface area contributed by atoms with Gasteiger partial charge >= 0.3 is 0 Å². The molecule has 0 spiro atoms. The molecule has 1 saturated heterocycles. The predicted octanol–water partition coefficient (Wildman–Crippen LogP) is 1.55. The van der Waals surface area contributed by atoms with Crippen molar-refractivity contribution in [3.63, 3.8) is 0 Å². The Morgan fingerprint density at radius 1 is 1.43 bits per heavy atom. The van der Waals surface area contributed by atoms with Crippen LogP contribution in [-0.4, -0.2) is 39.4 Å². The van der Waals surface area contributed by atoms with E-state index in [2.05, 4.69) is 10.3 Å². The predicted molar refractivity (Wildman–Crippen MR) is 84.7 cm³/mol. The molecule has 1 aliphatic rings. The SMILES string of the molecule is CC(C)(C)C(=O)N1CSCC1C(=O)Nc1ccc(N)nc1. The lowest BCUT2D eigenvalue weighted by Gasteiger charge is -2.29. The van der Waals surface area contributed by atoms with E-state index in [1.807, 2.05) is 20.8 Å². The van der Waals surface area contributed by atoms with E-state index in [4.69, 9.17) is 5.73 Å². The first-order valence-corrected chi connectivity index (χ1v) is 7.86. The first kappa shape index (κ1) is 15.6. The summed E-state index contributed by atoms with van der Waals surface area (Å²) in [4.78, 5) is 30.3. The number of nitrogen functional groups attached to an aromatic ring is 1. The van der Waals surface area contributed by atoms with Crippen molar-refractivity contribution in [2.45, 2.75) is 26.8 Å². The van der Waals surface area contributed by atoms with Crippen LogP contribution in [0, 0.1) is 5.41 Å². The van der Waals surface area contributed by atoms with Crippen LogP contribution in [-0.2, 0) is 9.59 Å². The van der Waals surface area contributed by atoms with E-state index in [1.54, 1.807) is 28.8 Å². The van der Waals surface area contributed by atoms with Gasteiger partial charge in [-0.1, -0.05) is 20.8 Å². The van der Waals surface area contributed by atoms with E-state index >= 15 is 0 Å². The lowest BCUT2D eigenvalue weighted by Crippen LogP contribution is -2.48. The molecule has 3 N–H and O–H groups in total. The van der Waals surface area contributed by atoms with Gasteiger partial charge in [0, 0.05) is 11.2 Å². The maximum atomic E-state index is 12.4. The second kappa shape index (κ2) is 5.93. The zero-order valence-corrected chi connectivity index (χ0v) is 13.2. The highest BCUT2D eigenvalue weighted by atomic mass is 32.2. The van der Waals surface area contributed by atoms with Gasteiger partial charge in [0.25, 0.3) is 0 Å². The first-order chi connectivity index (χ1) is 9.79. The van der Waals surface area contributed by atoms with Gasteiger partial charge in [-0.2, -0.15) is 0 Å². The van der Waals surface area contributed by atoms with Gasteiger partial charge in [-0.3, -0.25) is 9.59 Å². The second-order valence-electron chi connectivity index (χ2n) is 6.00. The molecule has 21 heavy (non-hydrogen) atoms. The molecular weight excluding hydrogens is 288 g/mol. The van der Waals surface area contributed by atoms with Crippen LogP contribution < -0.4 is 11.1 Å². The van der Waals surface area contributed by atoms with E-state index in [-0.39, 0.29) is 11.8 Å². The summed E-state index contributed by atoms with van der Waals surface area (Å²) in [7, 11) is 0. The van der Waals surface area contributed by atoms with E-state index in [9.17, 15) is 9.59 Å². The van der Waals surface area contributed by atoms with Crippen molar-refractivity contribution in [2.24, 2.45) is 5.41 Å². The van der Waals surface area contributed by atoms with E-state index < -0.39 is 11.5 Å². The Bertz CT molecular complexity index is 539. The van der Waals surface area contributed by atoms with Gasteiger partial charge in [0.1, 0.15) is 11.9 Å². The van der Waals surface area contributed by atoms with Crippen molar-refractivity contribution in [3.8, 4) is 0 Å². The molecule has 1 aromatic heterocycles. The number of hydrogen-bond donors (Lipinski definition) is 2. The molecule has 1 unspecified atom stereocenters. The molecule has 1 aromatic rings. The number of amides is 2. The third-order valence-corrected chi connectivity index (χ3v) is 4.15. The van der Waals surface area contributed by atoms with Crippen LogP contribution in [0.4, 0.5) is 11.5 Å². The number of pyridine rings is 1. The number of carbonyl (C=O) groups excluding carboxylic acids is 2. The molecule has 0 aromatic carbocycles. The number of nitrogens with one attached hydrogen (secondary N) is 1. The van der Waals surface area contributed by atoms with Crippen molar-refractivity contribution in [1.82, 2.24) is 9.88 Å².